The van der Waals surface area contributed by atoms with Gasteiger partial charge in [0.15, 0.2) is 0 Å². The second-order valence-electron chi connectivity index (χ2n) is 6.56. The Bertz CT molecular complexity index is 565. The molecule has 2 aromatic carbocycles. The number of rotatable bonds is 4. The van der Waals surface area contributed by atoms with E-state index in [0.717, 1.165) is 0 Å². The Morgan fingerprint density at radius 3 is 1.57 bits per heavy atom. The van der Waals surface area contributed by atoms with Crippen molar-refractivity contribution in [1.82, 2.24) is 0 Å². The normalized spacial score (nSPS) is 11.2. The second-order valence-corrected chi connectivity index (χ2v) is 6.56. The van der Waals surface area contributed by atoms with Gasteiger partial charge >= 0.3 is 0 Å². The maximum absolute atomic E-state index is 2.27. The summed E-state index contributed by atoms with van der Waals surface area (Å²) in [4.78, 5) is 2.14. The van der Waals surface area contributed by atoms with Crippen molar-refractivity contribution < 1.29 is 0 Å². The van der Waals surface area contributed by atoms with Crippen LogP contribution in [0.2, 0.25) is 0 Å². The smallest absolute Gasteiger partial charge is 0.0361 e. The number of hydrogen-bond donors (Lipinski definition) is 0. The van der Waals surface area contributed by atoms with Crippen LogP contribution in [0, 0.1) is 0 Å². The summed E-state index contributed by atoms with van der Waals surface area (Å²) in [6.07, 6.45) is 0. The second kappa shape index (κ2) is 6.34. The van der Waals surface area contributed by atoms with Gasteiger partial charge in [0, 0.05) is 19.8 Å². The first kappa shape index (κ1) is 15.6. The summed E-state index contributed by atoms with van der Waals surface area (Å²) in [6, 6.07) is 15.7. The first-order valence-electron chi connectivity index (χ1n) is 7.82. The molecule has 0 aliphatic carbocycles. The van der Waals surface area contributed by atoms with E-state index >= 15 is 0 Å². The number of nitrogens with zero attached hydrogens (tertiary/aromatic N) is 1. The molecule has 0 aliphatic rings. The Morgan fingerprint density at radius 2 is 1.19 bits per heavy atom. The molecule has 0 N–H and O–H groups in total. The van der Waals surface area contributed by atoms with Crippen molar-refractivity contribution in [3.05, 3.63) is 53.6 Å². The number of benzene rings is 2. The van der Waals surface area contributed by atoms with Gasteiger partial charge in [-0.3, -0.25) is 0 Å². The fourth-order valence-electron chi connectivity index (χ4n) is 2.81. The summed E-state index contributed by atoms with van der Waals surface area (Å²) in [7, 11) is 4.16. The third-order valence-corrected chi connectivity index (χ3v) is 4.05. The van der Waals surface area contributed by atoms with Crippen LogP contribution in [0.1, 0.15) is 50.7 Å². The van der Waals surface area contributed by atoms with E-state index in [2.05, 4.69) is 89.2 Å². The molecular formula is C20H27N. The number of anilines is 1. The van der Waals surface area contributed by atoms with Gasteiger partial charge in [-0.25, -0.2) is 0 Å². The minimum absolute atomic E-state index is 0.534. The summed E-state index contributed by atoms with van der Waals surface area (Å²) in [5.41, 5.74) is 6.88. The summed E-state index contributed by atoms with van der Waals surface area (Å²) in [5, 5.41) is 0. The molecule has 0 aliphatic heterocycles. The standard InChI is InChI=1S/C20H27N/c1-14(2)18-8-7-9-19(15(3)4)20(18)16-10-12-17(13-11-16)21(5)6/h7-15H,1-6H3. The molecule has 0 atom stereocenters. The van der Waals surface area contributed by atoms with Crippen molar-refractivity contribution in [3.63, 3.8) is 0 Å². The minimum Gasteiger partial charge on any atom is -0.378 e. The van der Waals surface area contributed by atoms with Crippen LogP contribution in [-0.4, -0.2) is 14.1 Å². The molecule has 0 amide bonds. The number of hydrogen-bond acceptors (Lipinski definition) is 1. The van der Waals surface area contributed by atoms with Crippen molar-refractivity contribution in [2.75, 3.05) is 19.0 Å². The monoisotopic (exact) mass is 281 g/mol. The highest BCUT2D eigenvalue weighted by atomic mass is 15.1. The van der Waals surface area contributed by atoms with Gasteiger partial charge in [-0.05, 0) is 46.2 Å². The molecule has 21 heavy (non-hydrogen) atoms. The van der Waals surface area contributed by atoms with E-state index in [1.807, 2.05) is 0 Å². The summed E-state index contributed by atoms with van der Waals surface area (Å²) in [5.74, 6) is 1.07. The first-order chi connectivity index (χ1) is 9.91. The molecule has 0 bridgehead atoms. The van der Waals surface area contributed by atoms with E-state index in [0.29, 0.717) is 11.8 Å². The van der Waals surface area contributed by atoms with Gasteiger partial charge < -0.3 is 4.90 Å². The lowest BCUT2D eigenvalue weighted by Crippen LogP contribution is -2.08. The van der Waals surface area contributed by atoms with E-state index in [1.54, 1.807) is 0 Å². The third-order valence-electron chi connectivity index (χ3n) is 4.05. The lowest BCUT2D eigenvalue weighted by molar-refractivity contribution is 0.838. The van der Waals surface area contributed by atoms with E-state index < -0.39 is 0 Å². The van der Waals surface area contributed by atoms with Crippen molar-refractivity contribution in [3.8, 4) is 11.1 Å². The van der Waals surface area contributed by atoms with Crippen LogP contribution in [0.25, 0.3) is 11.1 Å². The van der Waals surface area contributed by atoms with Gasteiger partial charge in [-0.1, -0.05) is 58.0 Å². The van der Waals surface area contributed by atoms with E-state index in [4.69, 9.17) is 0 Å². The van der Waals surface area contributed by atoms with Crippen molar-refractivity contribution >= 4 is 5.69 Å². The summed E-state index contributed by atoms with van der Waals surface area (Å²) < 4.78 is 0. The highest BCUT2D eigenvalue weighted by molar-refractivity contribution is 5.74. The molecule has 112 valence electrons. The quantitative estimate of drug-likeness (QED) is 0.698. The van der Waals surface area contributed by atoms with Gasteiger partial charge in [0.05, 0.1) is 0 Å². The molecule has 0 saturated heterocycles. The highest BCUT2D eigenvalue weighted by Gasteiger charge is 2.15. The van der Waals surface area contributed by atoms with E-state index in [-0.39, 0.29) is 0 Å². The van der Waals surface area contributed by atoms with Gasteiger partial charge in [0.2, 0.25) is 0 Å². The SMILES string of the molecule is CC(C)c1cccc(C(C)C)c1-c1ccc(N(C)C)cc1. The molecule has 1 nitrogen and oxygen atoms in total. The molecule has 0 unspecified atom stereocenters. The van der Waals surface area contributed by atoms with Crippen molar-refractivity contribution in [1.29, 1.82) is 0 Å². The molecule has 0 saturated carbocycles. The predicted octanol–water partition coefficient (Wildman–Crippen LogP) is 5.67. The van der Waals surface area contributed by atoms with Crippen LogP contribution in [-0.2, 0) is 0 Å². The lowest BCUT2D eigenvalue weighted by atomic mass is 9.85. The Balaban J connectivity index is 2.60. The molecular weight excluding hydrogens is 254 g/mol. The Hall–Kier alpha value is -1.76. The summed E-state index contributed by atoms with van der Waals surface area (Å²) in [6.45, 7) is 9.10. The zero-order valence-electron chi connectivity index (χ0n) is 14.1. The zero-order chi connectivity index (χ0) is 15.6. The first-order valence-corrected chi connectivity index (χ1v) is 7.82. The van der Waals surface area contributed by atoms with Crippen LogP contribution in [0.4, 0.5) is 5.69 Å². The topological polar surface area (TPSA) is 3.24 Å². The molecule has 0 heterocycles. The van der Waals surface area contributed by atoms with E-state index in [1.165, 1.54) is 27.9 Å². The average Bonchev–Trinajstić information content (AvgIpc) is 2.46. The van der Waals surface area contributed by atoms with E-state index in [9.17, 15) is 0 Å². The summed E-state index contributed by atoms with van der Waals surface area (Å²) >= 11 is 0. The molecule has 0 spiro atoms. The van der Waals surface area contributed by atoms with Crippen LogP contribution in [0.3, 0.4) is 0 Å². The van der Waals surface area contributed by atoms with Crippen molar-refractivity contribution in [2.24, 2.45) is 0 Å². The molecule has 2 rings (SSSR count). The Labute approximate surface area is 129 Å². The lowest BCUT2D eigenvalue weighted by Gasteiger charge is -2.21. The van der Waals surface area contributed by atoms with Gasteiger partial charge in [-0.15, -0.1) is 0 Å². The minimum atomic E-state index is 0.534. The molecule has 1 heteroatoms. The third kappa shape index (κ3) is 3.29. The largest absolute Gasteiger partial charge is 0.378 e. The fraction of sp³-hybridized carbons (Fsp3) is 0.400. The Morgan fingerprint density at radius 1 is 0.714 bits per heavy atom. The van der Waals surface area contributed by atoms with Crippen LogP contribution >= 0.6 is 0 Å². The van der Waals surface area contributed by atoms with Gasteiger partial charge in [0.25, 0.3) is 0 Å². The Kier molecular flexibility index (Phi) is 4.72. The average molecular weight is 281 g/mol. The molecule has 0 fully saturated rings. The van der Waals surface area contributed by atoms with Gasteiger partial charge in [0.1, 0.15) is 0 Å². The maximum atomic E-state index is 2.27. The van der Waals surface area contributed by atoms with Crippen LogP contribution in [0.15, 0.2) is 42.5 Å². The fourth-order valence-corrected chi connectivity index (χ4v) is 2.81. The van der Waals surface area contributed by atoms with Crippen LogP contribution < -0.4 is 4.90 Å². The predicted molar refractivity (Wildman–Crippen MR) is 94.4 cm³/mol. The van der Waals surface area contributed by atoms with Crippen molar-refractivity contribution in [2.45, 2.75) is 39.5 Å². The highest BCUT2D eigenvalue weighted by Crippen LogP contribution is 2.36. The molecule has 0 radical (unpaired) electrons. The maximum Gasteiger partial charge on any atom is 0.0361 e. The van der Waals surface area contributed by atoms with Crippen LogP contribution in [0.5, 0.6) is 0 Å². The molecule has 2 aromatic rings. The molecule has 0 aromatic heterocycles. The zero-order valence-corrected chi connectivity index (χ0v) is 14.1. The van der Waals surface area contributed by atoms with Gasteiger partial charge in [-0.2, -0.15) is 0 Å².